The highest BCUT2D eigenvalue weighted by atomic mass is 16.4. The minimum atomic E-state index is -1.10. The number of hydrogen-bond donors (Lipinski definition) is 1. The number of amides is 2. The van der Waals surface area contributed by atoms with Crippen LogP contribution < -0.4 is 4.90 Å². The van der Waals surface area contributed by atoms with Gasteiger partial charge in [-0.1, -0.05) is 6.07 Å². The highest BCUT2D eigenvalue weighted by molar-refractivity contribution is 6.28. The molecule has 16 heavy (non-hydrogen) atoms. The minimum Gasteiger partial charge on any atom is -0.478 e. The molecule has 0 saturated carbocycles. The van der Waals surface area contributed by atoms with Crippen molar-refractivity contribution in [1.82, 2.24) is 0 Å². The molecule has 2 amide bonds. The number of carbonyl (C=O) groups is 3. The summed E-state index contributed by atoms with van der Waals surface area (Å²) in [5.74, 6) is -2.03. The van der Waals surface area contributed by atoms with Gasteiger partial charge in [-0.05, 0) is 18.2 Å². The van der Waals surface area contributed by atoms with Crippen LogP contribution in [0.3, 0.4) is 0 Å². The first-order valence-corrected chi connectivity index (χ1v) is 4.49. The molecule has 0 bridgehead atoms. The summed E-state index contributed by atoms with van der Waals surface area (Å²) in [5, 5.41) is 8.78. The number of hydrogen-bond acceptors (Lipinski definition) is 3. The molecule has 0 aliphatic carbocycles. The zero-order valence-corrected chi connectivity index (χ0v) is 8.08. The first-order valence-electron chi connectivity index (χ1n) is 4.49. The van der Waals surface area contributed by atoms with Crippen LogP contribution in [0.15, 0.2) is 36.4 Å². The molecule has 0 spiro atoms. The Morgan fingerprint density at radius 2 is 1.75 bits per heavy atom. The lowest BCUT2D eigenvalue weighted by molar-refractivity contribution is -0.119. The summed E-state index contributed by atoms with van der Waals surface area (Å²) in [4.78, 5) is 34.3. The van der Waals surface area contributed by atoms with Crippen molar-refractivity contribution in [3.8, 4) is 0 Å². The van der Waals surface area contributed by atoms with E-state index in [4.69, 9.17) is 5.11 Å². The second-order valence-electron chi connectivity index (χ2n) is 3.20. The van der Waals surface area contributed by atoms with Gasteiger partial charge in [-0.2, -0.15) is 0 Å². The fourth-order valence-electron chi connectivity index (χ4n) is 1.43. The van der Waals surface area contributed by atoms with Gasteiger partial charge in [-0.25, -0.2) is 9.69 Å². The molecule has 0 radical (unpaired) electrons. The van der Waals surface area contributed by atoms with E-state index in [1.165, 1.54) is 24.3 Å². The van der Waals surface area contributed by atoms with E-state index in [0.717, 1.165) is 17.1 Å². The number of imide groups is 1. The Labute approximate surface area is 90.6 Å². The van der Waals surface area contributed by atoms with Crippen molar-refractivity contribution in [2.45, 2.75) is 0 Å². The van der Waals surface area contributed by atoms with Crippen LogP contribution in [0.4, 0.5) is 5.69 Å². The van der Waals surface area contributed by atoms with Crippen LogP contribution in [0.5, 0.6) is 0 Å². The van der Waals surface area contributed by atoms with Gasteiger partial charge in [0.1, 0.15) is 0 Å². The molecule has 1 aliphatic heterocycles. The van der Waals surface area contributed by atoms with Crippen molar-refractivity contribution in [2.24, 2.45) is 0 Å². The van der Waals surface area contributed by atoms with Crippen LogP contribution in [0.1, 0.15) is 10.4 Å². The molecule has 1 aromatic rings. The molecule has 1 heterocycles. The van der Waals surface area contributed by atoms with Gasteiger partial charge >= 0.3 is 5.97 Å². The molecule has 0 atom stereocenters. The normalized spacial score (nSPS) is 14.6. The average molecular weight is 217 g/mol. The number of aromatic carboxylic acids is 1. The number of carbonyl (C=O) groups excluding carboxylic acids is 2. The van der Waals surface area contributed by atoms with E-state index in [1.807, 2.05) is 0 Å². The quantitative estimate of drug-likeness (QED) is 0.744. The third-order valence-corrected chi connectivity index (χ3v) is 2.16. The second kappa shape index (κ2) is 3.62. The van der Waals surface area contributed by atoms with Crippen LogP contribution in [0, 0.1) is 0 Å². The van der Waals surface area contributed by atoms with Crippen LogP contribution in [0.25, 0.3) is 0 Å². The van der Waals surface area contributed by atoms with E-state index < -0.39 is 17.8 Å². The summed E-state index contributed by atoms with van der Waals surface area (Å²) in [7, 11) is 0. The van der Waals surface area contributed by atoms with Crippen molar-refractivity contribution >= 4 is 23.5 Å². The van der Waals surface area contributed by atoms with Crippen LogP contribution in [-0.4, -0.2) is 22.9 Å². The van der Waals surface area contributed by atoms with Gasteiger partial charge in [0.15, 0.2) is 0 Å². The molecule has 0 aromatic heterocycles. The van der Waals surface area contributed by atoms with Gasteiger partial charge in [-0.15, -0.1) is 0 Å². The Hall–Kier alpha value is -2.43. The van der Waals surface area contributed by atoms with Gasteiger partial charge in [-0.3, -0.25) is 9.59 Å². The Kier molecular flexibility index (Phi) is 2.28. The fraction of sp³-hybridized carbons (Fsp3) is 0. The van der Waals surface area contributed by atoms with Crippen LogP contribution >= 0.6 is 0 Å². The molecule has 0 saturated heterocycles. The van der Waals surface area contributed by atoms with E-state index in [-0.39, 0.29) is 11.3 Å². The lowest BCUT2D eigenvalue weighted by atomic mass is 10.2. The van der Waals surface area contributed by atoms with Crippen LogP contribution in [-0.2, 0) is 9.59 Å². The molecule has 5 nitrogen and oxygen atoms in total. The summed E-state index contributed by atoms with van der Waals surface area (Å²) in [6.07, 6.45) is 2.30. The van der Waals surface area contributed by atoms with Crippen molar-refractivity contribution in [1.29, 1.82) is 0 Å². The van der Waals surface area contributed by atoms with E-state index in [1.54, 1.807) is 0 Å². The van der Waals surface area contributed by atoms with Gasteiger partial charge in [0, 0.05) is 12.2 Å². The molecule has 1 aromatic carbocycles. The van der Waals surface area contributed by atoms with Crippen molar-refractivity contribution < 1.29 is 19.5 Å². The Morgan fingerprint density at radius 3 is 2.31 bits per heavy atom. The van der Waals surface area contributed by atoms with E-state index in [0.29, 0.717) is 0 Å². The predicted molar refractivity (Wildman–Crippen MR) is 55.0 cm³/mol. The molecule has 1 aliphatic rings. The first-order chi connectivity index (χ1) is 7.59. The predicted octanol–water partition coefficient (Wildman–Crippen LogP) is 0.814. The van der Waals surface area contributed by atoms with Gasteiger partial charge in [0.05, 0.1) is 11.3 Å². The van der Waals surface area contributed by atoms with Crippen molar-refractivity contribution in [3.63, 3.8) is 0 Å². The van der Waals surface area contributed by atoms with Gasteiger partial charge < -0.3 is 5.11 Å². The van der Waals surface area contributed by atoms with E-state index in [2.05, 4.69) is 0 Å². The molecule has 80 valence electrons. The molecular weight excluding hydrogens is 210 g/mol. The summed E-state index contributed by atoms with van der Waals surface area (Å²) < 4.78 is 0. The van der Waals surface area contributed by atoms with E-state index in [9.17, 15) is 14.4 Å². The van der Waals surface area contributed by atoms with E-state index >= 15 is 0 Å². The number of benzene rings is 1. The summed E-state index contributed by atoms with van der Waals surface area (Å²) in [5.41, 5.74) is 0.296. The molecule has 1 N–H and O–H groups in total. The second-order valence-corrected chi connectivity index (χ2v) is 3.20. The number of anilines is 1. The minimum absolute atomic E-state index is 0.0324. The highest BCUT2D eigenvalue weighted by Crippen LogP contribution is 2.20. The molecule has 0 unspecified atom stereocenters. The standard InChI is InChI=1S/C11H7NO4/c13-9-4-5-10(14)12(9)8-3-1-2-7(6-8)11(15)16/h1-6H,(H,15,16). The maximum Gasteiger partial charge on any atom is 0.335 e. The monoisotopic (exact) mass is 217 g/mol. The lowest BCUT2D eigenvalue weighted by Gasteiger charge is -2.13. The fourth-order valence-corrected chi connectivity index (χ4v) is 1.43. The third kappa shape index (κ3) is 1.58. The molecule has 2 rings (SSSR count). The average Bonchev–Trinajstić information content (AvgIpc) is 2.59. The summed E-state index contributed by atoms with van der Waals surface area (Å²) >= 11 is 0. The third-order valence-electron chi connectivity index (χ3n) is 2.16. The Balaban J connectivity index is 2.41. The zero-order chi connectivity index (χ0) is 11.7. The molecule has 0 fully saturated rings. The number of carboxylic acids is 1. The smallest absolute Gasteiger partial charge is 0.335 e. The van der Waals surface area contributed by atoms with Gasteiger partial charge in [0.25, 0.3) is 11.8 Å². The number of rotatable bonds is 2. The SMILES string of the molecule is O=C(O)c1cccc(N2C(=O)C=CC2=O)c1. The lowest BCUT2D eigenvalue weighted by Crippen LogP contribution is -2.29. The van der Waals surface area contributed by atoms with Crippen molar-refractivity contribution in [3.05, 3.63) is 42.0 Å². The topological polar surface area (TPSA) is 74.7 Å². The maximum atomic E-state index is 11.3. The van der Waals surface area contributed by atoms with Crippen LogP contribution in [0.2, 0.25) is 0 Å². The summed E-state index contributed by atoms with van der Waals surface area (Å²) in [6, 6.07) is 5.67. The Morgan fingerprint density at radius 1 is 1.12 bits per heavy atom. The van der Waals surface area contributed by atoms with Gasteiger partial charge in [0.2, 0.25) is 0 Å². The summed E-state index contributed by atoms with van der Waals surface area (Å²) in [6.45, 7) is 0. The Bertz CT molecular complexity index is 500. The molecular formula is C11H7NO4. The first kappa shape index (κ1) is 10.1. The largest absolute Gasteiger partial charge is 0.478 e. The highest BCUT2D eigenvalue weighted by Gasteiger charge is 2.25. The van der Waals surface area contributed by atoms with Crippen molar-refractivity contribution in [2.75, 3.05) is 4.90 Å². The number of carboxylic acid groups (broad SMARTS) is 1. The zero-order valence-electron chi connectivity index (χ0n) is 8.08. The number of nitrogens with zero attached hydrogens (tertiary/aromatic N) is 1. The molecule has 5 heteroatoms. The maximum absolute atomic E-state index is 11.3.